The maximum absolute atomic E-state index is 11.2. The Morgan fingerprint density at radius 1 is 1.25 bits per heavy atom. The minimum atomic E-state index is -0.830. The molecular formula is C9H12N4O3. The van der Waals surface area contributed by atoms with Gasteiger partial charge < -0.3 is 10.4 Å². The molecule has 0 radical (unpaired) electrons. The van der Waals surface area contributed by atoms with E-state index < -0.39 is 11.8 Å². The van der Waals surface area contributed by atoms with Crippen LogP contribution in [0.5, 0.6) is 0 Å². The Morgan fingerprint density at radius 2 is 1.94 bits per heavy atom. The van der Waals surface area contributed by atoms with Crippen molar-refractivity contribution in [2.24, 2.45) is 0 Å². The van der Waals surface area contributed by atoms with Crippen LogP contribution in [0.2, 0.25) is 0 Å². The minimum absolute atomic E-state index is 0.0380. The summed E-state index contributed by atoms with van der Waals surface area (Å²) in [5, 5.41) is 13.1. The van der Waals surface area contributed by atoms with Crippen molar-refractivity contribution in [3.63, 3.8) is 0 Å². The molecule has 1 aromatic heterocycles. The summed E-state index contributed by atoms with van der Waals surface area (Å²) >= 11 is 0. The Morgan fingerprint density at radius 3 is 2.56 bits per heavy atom. The second-order valence-electron chi connectivity index (χ2n) is 2.86. The van der Waals surface area contributed by atoms with Gasteiger partial charge in [-0.05, 0) is 12.5 Å². The molecule has 0 fully saturated rings. The highest BCUT2D eigenvalue weighted by Crippen LogP contribution is 1.93. The van der Waals surface area contributed by atoms with E-state index in [0.717, 1.165) is 0 Å². The lowest BCUT2D eigenvalue weighted by atomic mass is 10.4. The summed E-state index contributed by atoms with van der Waals surface area (Å²) in [6, 6.07) is 1.59. The minimum Gasteiger partial charge on any atom is -0.396 e. The first-order chi connectivity index (χ1) is 7.74. The van der Waals surface area contributed by atoms with E-state index in [-0.39, 0.29) is 19.1 Å². The molecule has 0 aliphatic heterocycles. The summed E-state index contributed by atoms with van der Waals surface area (Å²) in [5.41, 5.74) is 0. The summed E-state index contributed by atoms with van der Waals surface area (Å²) in [4.78, 5) is 29.9. The standard InChI is InChI=1S/C9H12N4O3/c14-6-2-5-10-7(15)8(16)13-9-11-3-1-4-12-9/h1,3-4,14H,2,5-6H2,(H,10,15)(H,11,12,13,16). The van der Waals surface area contributed by atoms with Gasteiger partial charge in [-0.3, -0.25) is 14.9 Å². The second kappa shape index (κ2) is 6.46. The number of carbonyl (C=O) groups is 2. The Balaban J connectivity index is 2.38. The van der Waals surface area contributed by atoms with Crippen LogP contribution in [0.4, 0.5) is 5.95 Å². The van der Waals surface area contributed by atoms with Crippen LogP contribution in [0.15, 0.2) is 18.5 Å². The molecule has 3 N–H and O–H groups in total. The SMILES string of the molecule is O=C(NCCCO)C(=O)Nc1ncccn1. The molecule has 0 saturated heterocycles. The first-order valence-electron chi connectivity index (χ1n) is 4.71. The number of aliphatic hydroxyl groups is 1. The summed E-state index contributed by atoms with van der Waals surface area (Å²) < 4.78 is 0. The maximum Gasteiger partial charge on any atom is 0.316 e. The molecule has 1 rings (SSSR count). The molecule has 0 spiro atoms. The van der Waals surface area contributed by atoms with E-state index >= 15 is 0 Å². The number of hydrogen-bond acceptors (Lipinski definition) is 5. The molecule has 86 valence electrons. The highest BCUT2D eigenvalue weighted by atomic mass is 16.3. The van der Waals surface area contributed by atoms with E-state index in [2.05, 4.69) is 20.6 Å². The molecule has 1 aromatic rings. The lowest BCUT2D eigenvalue weighted by Gasteiger charge is -2.03. The largest absolute Gasteiger partial charge is 0.396 e. The zero-order chi connectivity index (χ0) is 11.8. The van der Waals surface area contributed by atoms with E-state index in [0.29, 0.717) is 6.42 Å². The molecule has 0 bridgehead atoms. The molecule has 16 heavy (non-hydrogen) atoms. The number of amides is 2. The van der Waals surface area contributed by atoms with Gasteiger partial charge in [0.25, 0.3) is 0 Å². The van der Waals surface area contributed by atoms with Crippen LogP contribution < -0.4 is 10.6 Å². The van der Waals surface area contributed by atoms with Crippen molar-refractivity contribution in [2.75, 3.05) is 18.5 Å². The van der Waals surface area contributed by atoms with Crippen molar-refractivity contribution in [1.82, 2.24) is 15.3 Å². The normalized spacial score (nSPS) is 9.56. The molecule has 0 aliphatic rings. The van der Waals surface area contributed by atoms with Crippen molar-refractivity contribution < 1.29 is 14.7 Å². The number of rotatable bonds is 4. The fourth-order valence-electron chi connectivity index (χ4n) is 0.883. The van der Waals surface area contributed by atoms with Gasteiger partial charge in [0.05, 0.1) is 0 Å². The Kier molecular flexibility index (Phi) is 4.87. The van der Waals surface area contributed by atoms with Crippen LogP contribution >= 0.6 is 0 Å². The lowest BCUT2D eigenvalue weighted by Crippen LogP contribution is -2.36. The van der Waals surface area contributed by atoms with Crippen LogP contribution in [-0.2, 0) is 9.59 Å². The molecule has 7 nitrogen and oxygen atoms in total. The Hall–Kier alpha value is -2.02. The number of hydrogen-bond donors (Lipinski definition) is 3. The van der Waals surface area contributed by atoms with E-state index in [1.165, 1.54) is 12.4 Å². The Bertz CT molecular complexity index is 355. The van der Waals surface area contributed by atoms with Crippen LogP contribution in [-0.4, -0.2) is 40.0 Å². The molecule has 7 heteroatoms. The number of nitrogens with zero attached hydrogens (tertiary/aromatic N) is 2. The second-order valence-corrected chi connectivity index (χ2v) is 2.86. The van der Waals surface area contributed by atoms with Gasteiger partial charge in [0.2, 0.25) is 5.95 Å². The fourth-order valence-corrected chi connectivity index (χ4v) is 0.883. The van der Waals surface area contributed by atoms with E-state index in [4.69, 9.17) is 5.11 Å². The highest BCUT2D eigenvalue weighted by Gasteiger charge is 2.13. The Labute approximate surface area is 91.9 Å². The highest BCUT2D eigenvalue weighted by molar-refractivity contribution is 6.39. The first kappa shape index (κ1) is 12.1. The van der Waals surface area contributed by atoms with Crippen LogP contribution in [0.1, 0.15) is 6.42 Å². The summed E-state index contributed by atoms with van der Waals surface area (Å²) in [7, 11) is 0. The molecule has 0 saturated carbocycles. The van der Waals surface area contributed by atoms with Gasteiger partial charge >= 0.3 is 11.8 Å². The number of anilines is 1. The molecule has 0 atom stereocenters. The topological polar surface area (TPSA) is 104 Å². The predicted octanol–water partition coefficient (Wildman–Crippen LogP) is -1.09. The average molecular weight is 224 g/mol. The lowest BCUT2D eigenvalue weighted by molar-refractivity contribution is -0.136. The molecule has 1 heterocycles. The third kappa shape index (κ3) is 4.01. The zero-order valence-corrected chi connectivity index (χ0v) is 8.51. The smallest absolute Gasteiger partial charge is 0.316 e. The summed E-state index contributed by atoms with van der Waals surface area (Å²) in [5.74, 6) is -1.53. The number of aliphatic hydroxyl groups excluding tert-OH is 1. The number of aromatic nitrogens is 2. The fraction of sp³-hybridized carbons (Fsp3) is 0.333. The maximum atomic E-state index is 11.2. The molecule has 0 aromatic carbocycles. The van der Waals surface area contributed by atoms with E-state index in [1.807, 2.05) is 0 Å². The quantitative estimate of drug-likeness (QED) is 0.445. The van der Waals surface area contributed by atoms with Crippen molar-refractivity contribution >= 4 is 17.8 Å². The zero-order valence-electron chi connectivity index (χ0n) is 8.51. The summed E-state index contributed by atoms with van der Waals surface area (Å²) in [6.07, 6.45) is 3.30. The molecule has 0 aliphatic carbocycles. The molecule has 0 unspecified atom stereocenters. The van der Waals surface area contributed by atoms with Gasteiger partial charge in [0.15, 0.2) is 0 Å². The van der Waals surface area contributed by atoms with Crippen molar-refractivity contribution in [1.29, 1.82) is 0 Å². The van der Waals surface area contributed by atoms with E-state index in [1.54, 1.807) is 6.07 Å². The van der Waals surface area contributed by atoms with Crippen LogP contribution in [0, 0.1) is 0 Å². The van der Waals surface area contributed by atoms with Gasteiger partial charge in [0.1, 0.15) is 0 Å². The van der Waals surface area contributed by atoms with Gasteiger partial charge in [-0.15, -0.1) is 0 Å². The first-order valence-corrected chi connectivity index (χ1v) is 4.71. The van der Waals surface area contributed by atoms with Gasteiger partial charge in [-0.1, -0.05) is 0 Å². The molecule has 2 amide bonds. The van der Waals surface area contributed by atoms with Crippen molar-refractivity contribution in [2.45, 2.75) is 6.42 Å². The van der Waals surface area contributed by atoms with Crippen molar-refractivity contribution in [3.8, 4) is 0 Å². The third-order valence-corrected chi connectivity index (χ3v) is 1.62. The summed E-state index contributed by atoms with van der Waals surface area (Å²) in [6.45, 7) is 0.210. The van der Waals surface area contributed by atoms with Crippen LogP contribution in [0.3, 0.4) is 0 Å². The third-order valence-electron chi connectivity index (χ3n) is 1.62. The van der Waals surface area contributed by atoms with Crippen molar-refractivity contribution in [3.05, 3.63) is 18.5 Å². The van der Waals surface area contributed by atoms with E-state index in [9.17, 15) is 9.59 Å². The van der Waals surface area contributed by atoms with Gasteiger partial charge in [-0.25, -0.2) is 9.97 Å². The molecular weight excluding hydrogens is 212 g/mol. The number of carbonyl (C=O) groups excluding carboxylic acids is 2. The van der Waals surface area contributed by atoms with Gasteiger partial charge in [0, 0.05) is 25.5 Å². The van der Waals surface area contributed by atoms with Gasteiger partial charge in [-0.2, -0.15) is 0 Å². The number of nitrogens with one attached hydrogen (secondary N) is 2. The average Bonchev–Trinajstić information content (AvgIpc) is 2.30. The monoisotopic (exact) mass is 224 g/mol. The predicted molar refractivity (Wildman–Crippen MR) is 55.4 cm³/mol. The van der Waals surface area contributed by atoms with Crippen LogP contribution in [0.25, 0.3) is 0 Å².